The van der Waals surface area contributed by atoms with Crippen LogP contribution in [0.5, 0.6) is 0 Å². The first-order valence-electron chi connectivity index (χ1n) is 11.6. The second-order valence-corrected chi connectivity index (χ2v) is 12.7. The Morgan fingerprint density at radius 3 is 2.27 bits per heavy atom. The summed E-state index contributed by atoms with van der Waals surface area (Å²) < 4.78 is 0. The molecule has 162 valence electrons. The molecule has 6 aliphatic rings. The minimum Gasteiger partial charge on any atom is -0.333 e. The molecule has 4 bridgehead atoms. The van der Waals surface area contributed by atoms with Crippen LogP contribution >= 0.6 is 23.1 Å². The predicted molar refractivity (Wildman–Crippen MR) is 121 cm³/mol. The summed E-state index contributed by atoms with van der Waals surface area (Å²) in [5.74, 6) is 3.69. The molecular formula is C23H31N3O2S2. The van der Waals surface area contributed by atoms with Gasteiger partial charge < -0.3 is 15.1 Å². The molecule has 3 amide bonds. The van der Waals surface area contributed by atoms with Crippen molar-refractivity contribution in [1.82, 2.24) is 15.1 Å². The number of amides is 3. The van der Waals surface area contributed by atoms with Crippen LogP contribution in [0.1, 0.15) is 61.0 Å². The van der Waals surface area contributed by atoms with Crippen LogP contribution in [0.15, 0.2) is 17.5 Å². The lowest BCUT2D eigenvalue weighted by atomic mass is 9.53. The number of rotatable bonds is 2. The third-order valence-electron chi connectivity index (χ3n) is 8.40. The van der Waals surface area contributed by atoms with Gasteiger partial charge in [0.1, 0.15) is 0 Å². The molecular weight excluding hydrogens is 414 g/mol. The zero-order valence-electron chi connectivity index (χ0n) is 17.5. The Balaban J connectivity index is 1.11. The van der Waals surface area contributed by atoms with Gasteiger partial charge in [0.2, 0.25) is 0 Å². The smallest absolute Gasteiger partial charge is 0.317 e. The highest BCUT2D eigenvalue weighted by Crippen LogP contribution is 2.55. The van der Waals surface area contributed by atoms with E-state index in [-0.39, 0.29) is 22.3 Å². The van der Waals surface area contributed by atoms with E-state index in [1.54, 1.807) is 0 Å². The Kier molecular flexibility index (Phi) is 4.65. The number of hydrogen-bond donors (Lipinski definition) is 1. The second-order valence-electron chi connectivity index (χ2n) is 10.3. The average molecular weight is 446 g/mol. The summed E-state index contributed by atoms with van der Waals surface area (Å²) in [5.41, 5.74) is 0.0737. The molecule has 7 rings (SSSR count). The largest absolute Gasteiger partial charge is 0.333 e. The topological polar surface area (TPSA) is 52.7 Å². The molecule has 1 spiro atoms. The highest BCUT2D eigenvalue weighted by Gasteiger charge is 2.52. The van der Waals surface area contributed by atoms with Gasteiger partial charge in [-0.3, -0.25) is 4.79 Å². The Morgan fingerprint density at radius 1 is 1.00 bits per heavy atom. The number of carbonyl (C=O) groups is 2. The first-order valence-corrected chi connectivity index (χ1v) is 13.5. The molecule has 4 aliphatic carbocycles. The summed E-state index contributed by atoms with van der Waals surface area (Å²) in [6.45, 7) is 2.32. The van der Waals surface area contributed by atoms with E-state index >= 15 is 0 Å². The van der Waals surface area contributed by atoms with Gasteiger partial charge in [-0.05, 0) is 80.6 Å². The molecule has 0 aromatic carbocycles. The lowest BCUT2D eigenvalue weighted by molar-refractivity contribution is -0.0164. The van der Waals surface area contributed by atoms with Gasteiger partial charge in [0.05, 0.1) is 9.75 Å². The number of carbonyl (C=O) groups excluding carboxylic acids is 2. The fourth-order valence-corrected chi connectivity index (χ4v) is 9.60. The van der Waals surface area contributed by atoms with Crippen molar-refractivity contribution in [1.29, 1.82) is 0 Å². The summed E-state index contributed by atoms with van der Waals surface area (Å²) in [6.07, 6.45) is 9.53. The molecule has 0 atom stereocenters. The number of urea groups is 1. The zero-order chi connectivity index (χ0) is 20.3. The highest BCUT2D eigenvalue weighted by atomic mass is 32.2. The lowest BCUT2D eigenvalue weighted by Gasteiger charge is -2.57. The van der Waals surface area contributed by atoms with E-state index in [4.69, 9.17) is 0 Å². The average Bonchev–Trinajstić information content (AvgIpc) is 3.37. The van der Waals surface area contributed by atoms with Crippen LogP contribution in [0.2, 0.25) is 0 Å². The summed E-state index contributed by atoms with van der Waals surface area (Å²) in [4.78, 5) is 31.1. The van der Waals surface area contributed by atoms with Crippen LogP contribution in [-0.2, 0) is 0 Å². The van der Waals surface area contributed by atoms with Crippen LogP contribution in [0, 0.1) is 17.8 Å². The Bertz CT molecular complexity index is 796. The molecule has 2 aliphatic heterocycles. The van der Waals surface area contributed by atoms with Crippen molar-refractivity contribution < 1.29 is 9.59 Å². The molecule has 4 saturated carbocycles. The van der Waals surface area contributed by atoms with Gasteiger partial charge in [-0.25, -0.2) is 4.79 Å². The zero-order valence-corrected chi connectivity index (χ0v) is 19.1. The SMILES string of the molecule is O=C(NC12CC3CC(CC(C3)C1)C2)N1CCC2(CC1)SCCN2C(=O)c1cccs1. The normalized spacial score (nSPS) is 36.5. The van der Waals surface area contributed by atoms with E-state index in [0.717, 1.165) is 60.9 Å². The summed E-state index contributed by atoms with van der Waals surface area (Å²) in [7, 11) is 0. The van der Waals surface area contributed by atoms with Crippen molar-refractivity contribution in [2.75, 3.05) is 25.4 Å². The molecule has 5 nitrogen and oxygen atoms in total. The van der Waals surface area contributed by atoms with E-state index in [9.17, 15) is 9.59 Å². The summed E-state index contributed by atoms with van der Waals surface area (Å²) in [5, 5.41) is 5.50. The van der Waals surface area contributed by atoms with E-state index in [2.05, 4.69) is 10.2 Å². The van der Waals surface area contributed by atoms with Gasteiger partial charge in [-0.1, -0.05) is 6.07 Å². The van der Waals surface area contributed by atoms with Crippen LogP contribution in [0.4, 0.5) is 4.79 Å². The molecule has 6 fully saturated rings. The second kappa shape index (κ2) is 7.16. The highest BCUT2D eigenvalue weighted by molar-refractivity contribution is 8.00. The third kappa shape index (κ3) is 3.19. The molecule has 3 heterocycles. The monoisotopic (exact) mass is 445 g/mol. The van der Waals surface area contributed by atoms with Crippen molar-refractivity contribution in [3.05, 3.63) is 22.4 Å². The minimum absolute atomic E-state index is 0.0737. The quantitative estimate of drug-likeness (QED) is 0.734. The third-order valence-corrected chi connectivity index (χ3v) is 10.8. The minimum atomic E-state index is -0.126. The number of piperidine rings is 1. The van der Waals surface area contributed by atoms with Crippen LogP contribution in [0.25, 0.3) is 0 Å². The van der Waals surface area contributed by atoms with Crippen LogP contribution in [0.3, 0.4) is 0 Å². The van der Waals surface area contributed by atoms with Gasteiger partial charge in [-0.2, -0.15) is 0 Å². The fraction of sp³-hybridized carbons (Fsp3) is 0.739. The number of likely N-dealkylation sites (tertiary alicyclic amines) is 1. The van der Waals surface area contributed by atoms with E-state index in [0.29, 0.717) is 0 Å². The van der Waals surface area contributed by atoms with Crippen molar-refractivity contribution >= 4 is 35.0 Å². The van der Waals surface area contributed by atoms with Crippen LogP contribution < -0.4 is 5.32 Å². The Morgan fingerprint density at radius 2 is 1.67 bits per heavy atom. The Hall–Kier alpha value is -1.21. The van der Waals surface area contributed by atoms with Crippen molar-refractivity contribution in [3.63, 3.8) is 0 Å². The van der Waals surface area contributed by atoms with Gasteiger partial charge in [0, 0.05) is 30.9 Å². The number of thiophene rings is 1. The van der Waals surface area contributed by atoms with Crippen molar-refractivity contribution in [2.45, 2.75) is 61.8 Å². The molecule has 2 saturated heterocycles. The molecule has 1 aromatic rings. The summed E-state index contributed by atoms with van der Waals surface area (Å²) >= 11 is 3.45. The molecule has 0 radical (unpaired) electrons. The first-order chi connectivity index (χ1) is 14.5. The van der Waals surface area contributed by atoms with E-state index in [1.807, 2.05) is 34.2 Å². The molecule has 1 aromatic heterocycles. The maximum absolute atomic E-state index is 13.2. The number of hydrogen-bond acceptors (Lipinski definition) is 4. The number of nitrogens with zero attached hydrogens (tertiary/aromatic N) is 2. The first kappa shape index (κ1) is 19.5. The van der Waals surface area contributed by atoms with E-state index in [1.165, 1.54) is 49.9 Å². The van der Waals surface area contributed by atoms with Crippen molar-refractivity contribution in [2.24, 2.45) is 17.8 Å². The van der Waals surface area contributed by atoms with Gasteiger partial charge in [0.25, 0.3) is 5.91 Å². The Labute approximate surface area is 186 Å². The van der Waals surface area contributed by atoms with Gasteiger partial charge in [0.15, 0.2) is 0 Å². The number of nitrogens with one attached hydrogen (secondary N) is 1. The number of thioether (sulfide) groups is 1. The van der Waals surface area contributed by atoms with E-state index < -0.39 is 0 Å². The molecule has 30 heavy (non-hydrogen) atoms. The lowest BCUT2D eigenvalue weighted by Crippen LogP contribution is -2.63. The maximum atomic E-state index is 13.2. The van der Waals surface area contributed by atoms with Crippen LogP contribution in [-0.4, -0.2) is 57.5 Å². The molecule has 7 heteroatoms. The maximum Gasteiger partial charge on any atom is 0.317 e. The van der Waals surface area contributed by atoms with Crippen molar-refractivity contribution in [3.8, 4) is 0 Å². The summed E-state index contributed by atoms with van der Waals surface area (Å²) in [6, 6.07) is 4.02. The fourth-order valence-electron chi connectivity index (χ4n) is 7.47. The van der Waals surface area contributed by atoms with Gasteiger partial charge in [-0.15, -0.1) is 23.1 Å². The van der Waals surface area contributed by atoms with Gasteiger partial charge >= 0.3 is 6.03 Å². The molecule has 1 N–H and O–H groups in total. The predicted octanol–water partition coefficient (Wildman–Crippen LogP) is 4.41. The molecule has 0 unspecified atom stereocenters. The standard InChI is InChI=1S/C23H31N3O2S2/c27-20(19-2-1-8-29-19)26-7-9-30-23(26)3-5-25(6-4-23)21(28)24-22-13-16-10-17(14-22)12-18(11-16)15-22/h1-2,8,16-18H,3-7,9-15H2,(H,24,28).